The van der Waals surface area contributed by atoms with Gasteiger partial charge in [-0.05, 0) is 19.8 Å². The van der Waals surface area contributed by atoms with Crippen molar-refractivity contribution in [1.82, 2.24) is 0 Å². The van der Waals surface area contributed by atoms with E-state index in [1.807, 2.05) is 19.1 Å². The first-order chi connectivity index (χ1) is 4.81. The van der Waals surface area contributed by atoms with E-state index < -0.39 is 0 Å². The van der Waals surface area contributed by atoms with Crippen LogP contribution in [-0.4, -0.2) is 0 Å². The Hall–Kier alpha value is -0.780. The zero-order valence-electron chi connectivity index (χ0n) is 6.93. The molecule has 0 amide bonds. The predicted molar refractivity (Wildman–Crippen MR) is 48.0 cm³/mol. The molecule has 0 heterocycles. The predicted octanol–water partition coefficient (Wildman–Crippen LogP) is 3.48. The quantitative estimate of drug-likeness (QED) is 0.410. The smallest absolute Gasteiger partial charge is 0.0103 e. The van der Waals surface area contributed by atoms with E-state index in [2.05, 4.69) is 25.7 Å². The molecule has 0 aliphatic rings. The SMILES string of the molecule is C=C(/C=C/C)CC=CCC. The van der Waals surface area contributed by atoms with Crippen LogP contribution in [0.15, 0.2) is 36.5 Å². The maximum Gasteiger partial charge on any atom is -0.0103 e. The van der Waals surface area contributed by atoms with Gasteiger partial charge in [0.15, 0.2) is 0 Å². The summed E-state index contributed by atoms with van der Waals surface area (Å²) in [5, 5.41) is 0. The molecule has 0 aliphatic carbocycles. The monoisotopic (exact) mass is 136 g/mol. The van der Waals surface area contributed by atoms with Gasteiger partial charge in [-0.1, -0.05) is 43.4 Å². The van der Waals surface area contributed by atoms with Crippen molar-refractivity contribution >= 4 is 0 Å². The normalized spacial score (nSPS) is 11.4. The van der Waals surface area contributed by atoms with Gasteiger partial charge in [-0.15, -0.1) is 0 Å². The zero-order chi connectivity index (χ0) is 7.82. The van der Waals surface area contributed by atoms with E-state index in [9.17, 15) is 0 Å². The Labute approximate surface area is 64.0 Å². The van der Waals surface area contributed by atoms with Crippen LogP contribution in [0.25, 0.3) is 0 Å². The van der Waals surface area contributed by atoms with E-state index in [0.29, 0.717) is 0 Å². The highest BCUT2D eigenvalue weighted by atomic mass is 13.9. The summed E-state index contributed by atoms with van der Waals surface area (Å²) in [6.45, 7) is 8.02. The minimum Gasteiger partial charge on any atom is -0.0955 e. The summed E-state index contributed by atoms with van der Waals surface area (Å²) in [5.41, 5.74) is 1.17. The van der Waals surface area contributed by atoms with Crippen LogP contribution in [0.1, 0.15) is 26.7 Å². The first-order valence-corrected chi connectivity index (χ1v) is 3.76. The van der Waals surface area contributed by atoms with Gasteiger partial charge in [-0.3, -0.25) is 0 Å². The van der Waals surface area contributed by atoms with Crippen molar-refractivity contribution < 1.29 is 0 Å². The summed E-state index contributed by atoms with van der Waals surface area (Å²) in [4.78, 5) is 0. The van der Waals surface area contributed by atoms with E-state index in [4.69, 9.17) is 0 Å². The van der Waals surface area contributed by atoms with Crippen LogP contribution in [0.5, 0.6) is 0 Å². The molecule has 0 radical (unpaired) electrons. The molecule has 0 aromatic heterocycles. The van der Waals surface area contributed by atoms with Crippen LogP contribution in [0, 0.1) is 0 Å². The van der Waals surface area contributed by atoms with Gasteiger partial charge in [0.1, 0.15) is 0 Å². The molecular formula is C10H16. The van der Waals surface area contributed by atoms with Crippen LogP contribution in [-0.2, 0) is 0 Å². The lowest BCUT2D eigenvalue weighted by Gasteiger charge is -1.90. The van der Waals surface area contributed by atoms with Gasteiger partial charge in [-0.2, -0.15) is 0 Å². The van der Waals surface area contributed by atoms with E-state index >= 15 is 0 Å². The van der Waals surface area contributed by atoms with E-state index in [-0.39, 0.29) is 0 Å². The summed E-state index contributed by atoms with van der Waals surface area (Å²) in [5.74, 6) is 0. The minimum atomic E-state index is 0.984. The topological polar surface area (TPSA) is 0 Å². The van der Waals surface area contributed by atoms with Crippen LogP contribution >= 0.6 is 0 Å². The van der Waals surface area contributed by atoms with Crippen molar-refractivity contribution in [3.05, 3.63) is 36.5 Å². The largest absolute Gasteiger partial charge is 0.0955 e. The first-order valence-electron chi connectivity index (χ1n) is 3.76. The highest BCUT2D eigenvalue weighted by Crippen LogP contribution is 2.00. The molecule has 0 rings (SSSR count). The molecule has 0 aromatic rings. The van der Waals surface area contributed by atoms with Crippen molar-refractivity contribution in [2.45, 2.75) is 26.7 Å². The molecule has 0 saturated heterocycles. The molecule has 0 aromatic carbocycles. The lowest BCUT2D eigenvalue weighted by molar-refractivity contribution is 1.18. The highest BCUT2D eigenvalue weighted by molar-refractivity contribution is 5.16. The molecule has 0 saturated carbocycles. The Morgan fingerprint density at radius 3 is 2.60 bits per heavy atom. The fourth-order valence-electron chi connectivity index (χ4n) is 0.705. The van der Waals surface area contributed by atoms with Gasteiger partial charge < -0.3 is 0 Å². The van der Waals surface area contributed by atoms with Crippen LogP contribution in [0.4, 0.5) is 0 Å². The lowest BCUT2D eigenvalue weighted by atomic mass is 10.2. The zero-order valence-corrected chi connectivity index (χ0v) is 6.93. The molecule has 0 fully saturated rings. The molecule has 0 heteroatoms. The molecule has 0 atom stereocenters. The lowest BCUT2D eigenvalue weighted by Crippen LogP contribution is -1.69. The third kappa shape index (κ3) is 5.36. The summed E-state index contributed by atoms with van der Waals surface area (Å²) in [6, 6.07) is 0. The molecule has 10 heavy (non-hydrogen) atoms. The molecular weight excluding hydrogens is 120 g/mol. The van der Waals surface area contributed by atoms with Gasteiger partial charge in [0, 0.05) is 0 Å². The standard InChI is InChI=1S/C10H16/c1-4-6-7-9-10(3)8-5-2/h5-8H,3-4,9H2,1-2H3/b7-6?,8-5+. The third-order valence-electron chi connectivity index (χ3n) is 1.18. The number of rotatable bonds is 4. The molecule has 56 valence electrons. The third-order valence-corrected chi connectivity index (χ3v) is 1.18. The minimum absolute atomic E-state index is 0.984. The Morgan fingerprint density at radius 1 is 1.40 bits per heavy atom. The molecule has 0 nitrogen and oxygen atoms in total. The Balaban J connectivity index is 3.49. The van der Waals surface area contributed by atoms with Crippen molar-refractivity contribution in [2.24, 2.45) is 0 Å². The second-order valence-electron chi connectivity index (χ2n) is 2.24. The summed E-state index contributed by atoms with van der Waals surface area (Å²) >= 11 is 0. The first kappa shape index (κ1) is 9.22. The van der Waals surface area contributed by atoms with Crippen molar-refractivity contribution in [1.29, 1.82) is 0 Å². The van der Waals surface area contributed by atoms with Gasteiger partial charge >= 0.3 is 0 Å². The molecule has 0 bridgehead atoms. The van der Waals surface area contributed by atoms with Crippen molar-refractivity contribution in [2.75, 3.05) is 0 Å². The fourth-order valence-corrected chi connectivity index (χ4v) is 0.705. The summed E-state index contributed by atoms with van der Waals surface area (Å²) < 4.78 is 0. The second-order valence-corrected chi connectivity index (χ2v) is 2.24. The van der Waals surface area contributed by atoms with E-state index in [1.54, 1.807) is 0 Å². The maximum absolute atomic E-state index is 3.88. The summed E-state index contributed by atoms with van der Waals surface area (Å²) in [7, 11) is 0. The van der Waals surface area contributed by atoms with Gasteiger partial charge in [-0.25, -0.2) is 0 Å². The Morgan fingerprint density at radius 2 is 2.10 bits per heavy atom. The Bertz CT molecular complexity index is 138. The van der Waals surface area contributed by atoms with E-state index in [1.165, 1.54) is 5.57 Å². The van der Waals surface area contributed by atoms with Gasteiger partial charge in [0.2, 0.25) is 0 Å². The van der Waals surface area contributed by atoms with Gasteiger partial charge in [0.05, 0.1) is 0 Å². The molecule has 0 aliphatic heterocycles. The van der Waals surface area contributed by atoms with Crippen LogP contribution in [0.3, 0.4) is 0 Å². The number of hydrogen-bond acceptors (Lipinski definition) is 0. The molecule has 0 spiro atoms. The average Bonchev–Trinajstić information content (AvgIpc) is 1.89. The number of allylic oxidation sites excluding steroid dienone is 5. The Kier molecular flexibility index (Phi) is 5.85. The summed E-state index contributed by atoms with van der Waals surface area (Å²) in [6.07, 6.45) is 10.5. The van der Waals surface area contributed by atoms with Crippen LogP contribution in [0.2, 0.25) is 0 Å². The molecule has 0 N–H and O–H groups in total. The fraction of sp³-hybridized carbons (Fsp3) is 0.400. The van der Waals surface area contributed by atoms with Crippen molar-refractivity contribution in [3.8, 4) is 0 Å². The van der Waals surface area contributed by atoms with E-state index in [0.717, 1.165) is 12.8 Å². The second kappa shape index (κ2) is 6.34. The van der Waals surface area contributed by atoms with Gasteiger partial charge in [0.25, 0.3) is 0 Å². The van der Waals surface area contributed by atoms with Crippen molar-refractivity contribution in [3.63, 3.8) is 0 Å². The van der Waals surface area contributed by atoms with Crippen LogP contribution < -0.4 is 0 Å². The molecule has 0 unspecified atom stereocenters. The maximum atomic E-state index is 3.88. The number of hydrogen-bond donors (Lipinski definition) is 0. The average molecular weight is 136 g/mol. The highest BCUT2D eigenvalue weighted by Gasteiger charge is 1.80.